The molecule has 2 rings (SSSR count). The van der Waals surface area contributed by atoms with E-state index in [1.165, 1.54) is 0 Å². The SMILES string of the molecule is CC(CC1CCN(C(C)(C)C)C(=O)C1)N1CCCS1(=O)=O. The van der Waals surface area contributed by atoms with Gasteiger partial charge in [-0.2, -0.15) is 4.31 Å². The summed E-state index contributed by atoms with van der Waals surface area (Å²) in [5.41, 5.74) is -0.119. The van der Waals surface area contributed by atoms with E-state index in [0.717, 1.165) is 25.8 Å². The van der Waals surface area contributed by atoms with Crippen LogP contribution in [0.25, 0.3) is 0 Å². The molecule has 0 aliphatic carbocycles. The molecule has 1 amide bonds. The van der Waals surface area contributed by atoms with Gasteiger partial charge in [0.2, 0.25) is 15.9 Å². The highest BCUT2D eigenvalue weighted by Gasteiger charge is 2.36. The standard InChI is InChI=1S/C15H28N2O3S/c1-12(17-7-5-9-21(17,19)20)10-13-6-8-16(14(18)11-13)15(2,3)4/h12-13H,5-11H2,1-4H3. The molecule has 122 valence electrons. The highest BCUT2D eigenvalue weighted by molar-refractivity contribution is 7.89. The van der Waals surface area contributed by atoms with Crippen molar-refractivity contribution in [1.82, 2.24) is 9.21 Å². The summed E-state index contributed by atoms with van der Waals surface area (Å²) in [6.45, 7) is 9.58. The number of hydrogen-bond acceptors (Lipinski definition) is 3. The summed E-state index contributed by atoms with van der Waals surface area (Å²) in [6.07, 6.45) is 3.05. The fraction of sp³-hybridized carbons (Fsp3) is 0.933. The topological polar surface area (TPSA) is 57.7 Å². The molecule has 0 aromatic heterocycles. The van der Waals surface area contributed by atoms with Gasteiger partial charge < -0.3 is 4.90 Å². The lowest BCUT2D eigenvalue weighted by Crippen LogP contribution is -2.50. The lowest BCUT2D eigenvalue weighted by atomic mass is 9.88. The van der Waals surface area contributed by atoms with Gasteiger partial charge >= 0.3 is 0 Å². The summed E-state index contributed by atoms with van der Waals surface area (Å²) >= 11 is 0. The summed E-state index contributed by atoms with van der Waals surface area (Å²) in [4.78, 5) is 14.2. The van der Waals surface area contributed by atoms with Gasteiger partial charge in [0.05, 0.1) is 5.75 Å². The van der Waals surface area contributed by atoms with Crippen molar-refractivity contribution in [2.24, 2.45) is 5.92 Å². The number of hydrogen-bond donors (Lipinski definition) is 0. The van der Waals surface area contributed by atoms with Crippen LogP contribution in [0.3, 0.4) is 0 Å². The van der Waals surface area contributed by atoms with E-state index in [9.17, 15) is 13.2 Å². The van der Waals surface area contributed by atoms with Gasteiger partial charge in [-0.25, -0.2) is 8.42 Å². The Labute approximate surface area is 128 Å². The van der Waals surface area contributed by atoms with Crippen molar-refractivity contribution in [2.45, 2.75) is 65.0 Å². The molecular formula is C15H28N2O3S. The van der Waals surface area contributed by atoms with Gasteiger partial charge in [0.1, 0.15) is 0 Å². The second-order valence-corrected chi connectivity index (χ2v) is 9.48. The number of sulfonamides is 1. The molecule has 0 aromatic rings. The van der Waals surface area contributed by atoms with Gasteiger partial charge in [-0.1, -0.05) is 0 Å². The van der Waals surface area contributed by atoms with Crippen molar-refractivity contribution in [3.05, 3.63) is 0 Å². The van der Waals surface area contributed by atoms with Crippen LogP contribution in [-0.2, 0) is 14.8 Å². The molecule has 2 saturated heterocycles. The molecule has 0 aromatic carbocycles. The fourth-order valence-corrected chi connectivity index (χ4v) is 5.33. The minimum atomic E-state index is -3.05. The summed E-state index contributed by atoms with van der Waals surface area (Å²) in [5, 5.41) is 0. The highest BCUT2D eigenvalue weighted by Crippen LogP contribution is 2.30. The van der Waals surface area contributed by atoms with Gasteiger partial charge in [0.25, 0.3) is 0 Å². The summed E-state index contributed by atoms with van der Waals surface area (Å²) in [6, 6.07) is 0.0106. The molecule has 0 bridgehead atoms. The highest BCUT2D eigenvalue weighted by atomic mass is 32.2. The smallest absolute Gasteiger partial charge is 0.223 e. The third-order valence-electron chi connectivity index (χ3n) is 4.64. The van der Waals surface area contributed by atoms with E-state index in [0.29, 0.717) is 18.9 Å². The zero-order valence-corrected chi connectivity index (χ0v) is 14.4. The van der Waals surface area contributed by atoms with E-state index in [2.05, 4.69) is 20.8 Å². The van der Waals surface area contributed by atoms with Crippen LogP contribution in [0.15, 0.2) is 0 Å². The first-order valence-electron chi connectivity index (χ1n) is 7.91. The number of carbonyl (C=O) groups excluding carboxylic acids is 1. The van der Waals surface area contributed by atoms with Gasteiger partial charge in [0.15, 0.2) is 0 Å². The molecule has 2 fully saturated rings. The lowest BCUT2D eigenvalue weighted by Gasteiger charge is -2.41. The molecule has 0 spiro atoms. The maximum absolute atomic E-state index is 12.3. The van der Waals surface area contributed by atoms with Gasteiger partial charge in [-0.05, 0) is 52.9 Å². The van der Waals surface area contributed by atoms with Crippen LogP contribution < -0.4 is 0 Å². The zero-order valence-electron chi connectivity index (χ0n) is 13.6. The Morgan fingerprint density at radius 2 is 1.95 bits per heavy atom. The molecule has 0 saturated carbocycles. The largest absolute Gasteiger partial charge is 0.338 e. The molecular weight excluding hydrogens is 288 g/mol. The van der Waals surface area contributed by atoms with Crippen molar-refractivity contribution in [3.63, 3.8) is 0 Å². The van der Waals surface area contributed by atoms with Crippen LogP contribution in [0.2, 0.25) is 0 Å². The molecule has 2 unspecified atom stereocenters. The molecule has 2 atom stereocenters. The van der Waals surface area contributed by atoms with Crippen LogP contribution in [0.4, 0.5) is 0 Å². The molecule has 0 N–H and O–H groups in total. The molecule has 2 heterocycles. The third-order valence-corrected chi connectivity index (χ3v) is 6.70. The van der Waals surface area contributed by atoms with E-state index in [1.54, 1.807) is 4.31 Å². The summed E-state index contributed by atoms with van der Waals surface area (Å²) in [5.74, 6) is 0.788. The van der Waals surface area contributed by atoms with Gasteiger partial charge in [-0.3, -0.25) is 4.79 Å². The third kappa shape index (κ3) is 3.77. The van der Waals surface area contributed by atoms with Gasteiger partial charge in [0, 0.05) is 31.1 Å². The van der Waals surface area contributed by atoms with E-state index in [1.807, 2.05) is 11.8 Å². The Morgan fingerprint density at radius 1 is 1.29 bits per heavy atom. The first kappa shape index (κ1) is 16.7. The second kappa shape index (κ2) is 5.88. The van der Waals surface area contributed by atoms with Crippen molar-refractivity contribution >= 4 is 15.9 Å². The molecule has 5 nitrogen and oxygen atoms in total. The van der Waals surface area contributed by atoms with E-state index < -0.39 is 10.0 Å². The van der Waals surface area contributed by atoms with Crippen molar-refractivity contribution in [3.8, 4) is 0 Å². The quantitative estimate of drug-likeness (QED) is 0.798. The first-order chi connectivity index (χ1) is 9.61. The zero-order chi connectivity index (χ0) is 15.8. The Balaban J connectivity index is 1.92. The van der Waals surface area contributed by atoms with Crippen LogP contribution >= 0.6 is 0 Å². The normalized spacial score (nSPS) is 28.9. The van der Waals surface area contributed by atoms with Crippen LogP contribution in [0.1, 0.15) is 53.4 Å². The molecule has 21 heavy (non-hydrogen) atoms. The Morgan fingerprint density at radius 3 is 2.43 bits per heavy atom. The van der Waals surface area contributed by atoms with Crippen LogP contribution in [-0.4, -0.2) is 54.0 Å². The number of piperidine rings is 1. The lowest BCUT2D eigenvalue weighted by molar-refractivity contribution is -0.140. The maximum atomic E-state index is 12.3. The van der Waals surface area contributed by atoms with Crippen molar-refractivity contribution < 1.29 is 13.2 Å². The maximum Gasteiger partial charge on any atom is 0.223 e. The Hall–Kier alpha value is -0.620. The average molecular weight is 316 g/mol. The monoisotopic (exact) mass is 316 g/mol. The minimum absolute atomic E-state index is 0.0106. The van der Waals surface area contributed by atoms with Crippen molar-refractivity contribution in [1.29, 1.82) is 0 Å². The van der Waals surface area contributed by atoms with Crippen LogP contribution in [0, 0.1) is 5.92 Å². The van der Waals surface area contributed by atoms with Crippen molar-refractivity contribution in [2.75, 3.05) is 18.8 Å². The van der Waals surface area contributed by atoms with E-state index in [-0.39, 0.29) is 23.2 Å². The number of amides is 1. The van der Waals surface area contributed by atoms with E-state index >= 15 is 0 Å². The minimum Gasteiger partial charge on any atom is -0.338 e. The first-order valence-corrected chi connectivity index (χ1v) is 9.52. The Bertz CT molecular complexity index is 496. The predicted octanol–water partition coefficient (Wildman–Crippen LogP) is 1.84. The molecule has 0 radical (unpaired) electrons. The number of nitrogens with zero attached hydrogens (tertiary/aromatic N) is 2. The molecule has 6 heteroatoms. The summed E-state index contributed by atoms with van der Waals surface area (Å²) in [7, 11) is -3.05. The Kier molecular flexibility index (Phi) is 4.69. The predicted molar refractivity (Wildman–Crippen MR) is 83.4 cm³/mol. The fourth-order valence-electron chi connectivity index (χ4n) is 3.56. The van der Waals surface area contributed by atoms with E-state index in [4.69, 9.17) is 0 Å². The molecule has 2 aliphatic heterocycles. The van der Waals surface area contributed by atoms with Gasteiger partial charge in [-0.15, -0.1) is 0 Å². The number of carbonyl (C=O) groups is 1. The van der Waals surface area contributed by atoms with Crippen LogP contribution in [0.5, 0.6) is 0 Å². The summed E-state index contributed by atoms with van der Waals surface area (Å²) < 4.78 is 25.5. The molecule has 2 aliphatic rings. The second-order valence-electron chi connectivity index (χ2n) is 7.44. The average Bonchev–Trinajstić information content (AvgIpc) is 2.67. The number of rotatable bonds is 3. The number of likely N-dealkylation sites (tertiary alicyclic amines) is 1.